The zero-order chi connectivity index (χ0) is 27.4. The number of aromatic hydroxyl groups is 3. The van der Waals surface area contributed by atoms with E-state index in [1.54, 1.807) is 0 Å². The predicted octanol–water partition coefficient (Wildman–Crippen LogP) is 2.36. The Hall–Kier alpha value is -4.15. The number of phenols is 3. The minimum absolute atomic E-state index is 0.109. The number of ether oxygens (including phenoxy) is 4. The van der Waals surface area contributed by atoms with Gasteiger partial charge in [-0.05, 0) is 29.8 Å². The fourth-order valence-electron chi connectivity index (χ4n) is 4.20. The summed E-state index contributed by atoms with van der Waals surface area (Å²) in [5.74, 6) is -2.08. The van der Waals surface area contributed by atoms with Crippen molar-refractivity contribution >= 4 is 5.78 Å². The highest BCUT2D eigenvalue weighted by atomic mass is 16.6. The Morgan fingerprint density at radius 1 is 0.886 bits per heavy atom. The number of Topliss-reactive ketones (excluding diaryl/α,β-unsaturated/α-hetero) is 1. The summed E-state index contributed by atoms with van der Waals surface area (Å²) in [6.07, 6.45) is -4.77. The van der Waals surface area contributed by atoms with Crippen LogP contribution in [0.3, 0.4) is 0 Å². The van der Waals surface area contributed by atoms with E-state index in [1.165, 1.54) is 36.4 Å². The Labute approximate surface area is 203 Å². The second-order valence-electron chi connectivity index (χ2n) is 8.10. The summed E-state index contributed by atoms with van der Waals surface area (Å²) in [7, 11) is -2.82. The summed E-state index contributed by atoms with van der Waals surface area (Å²) in [6.45, 7) is -0.467. The molecule has 0 saturated heterocycles. The fraction of sp³-hybridized carbons (Fsp3) is 0.240. The normalized spacial score (nSPS) is 24.4. The number of hydrogen-bond donors (Lipinski definition) is 5. The number of hydrogen-bond acceptors (Lipinski definition) is 10. The molecule has 2 aliphatic rings. The first-order valence-electron chi connectivity index (χ1n) is 12.0. The number of fused-ring (bicyclic) bond motifs is 2. The number of rotatable bonds is 4. The molecule has 3 aromatic carbocycles. The molecule has 0 saturated carbocycles. The van der Waals surface area contributed by atoms with Gasteiger partial charge < -0.3 is 44.5 Å². The first kappa shape index (κ1) is 19.2. The molecule has 3 aromatic rings. The second-order valence-corrected chi connectivity index (χ2v) is 8.10. The predicted molar refractivity (Wildman–Crippen MR) is 119 cm³/mol. The Morgan fingerprint density at radius 3 is 2.40 bits per heavy atom. The molecule has 0 aliphatic carbocycles. The lowest BCUT2D eigenvalue weighted by atomic mass is 9.92. The van der Waals surface area contributed by atoms with E-state index in [4.69, 9.17) is 23.1 Å². The summed E-state index contributed by atoms with van der Waals surface area (Å²) in [6, 6.07) is 10.5. The molecule has 0 unspecified atom stereocenters. The van der Waals surface area contributed by atoms with Gasteiger partial charge in [0.15, 0.2) is 47.4 Å². The van der Waals surface area contributed by atoms with Gasteiger partial charge in [0, 0.05) is 17.7 Å². The number of benzene rings is 3. The molecule has 5 rings (SSSR count). The molecule has 0 bridgehead atoms. The minimum atomic E-state index is -2.82. The molecule has 4 atom stereocenters. The monoisotopic (exact) mass is 485 g/mol. The molecule has 0 amide bonds. The highest BCUT2D eigenvalue weighted by Gasteiger charge is 2.40. The summed E-state index contributed by atoms with van der Waals surface area (Å²) in [5.41, 5.74) is 0.388. The van der Waals surface area contributed by atoms with Gasteiger partial charge in [0.1, 0.15) is 22.8 Å². The number of aliphatic hydroxyl groups excluding tert-OH is 2. The maximum atomic E-state index is 12.8. The van der Waals surface area contributed by atoms with E-state index in [0.717, 1.165) is 12.1 Å². The van der Waals surface area contributed by atoms with Crippen molar-refractivity contribution in [2.45, 2.75) is 24.4 Å². The van der Waals surface area contributed by atoms with Crippen LogP contribution in [0.1, 0.15) is 37.8 Å². The molecule has 0 fully saturated rings. The van der Waals surface area contributed by atoms with Crippen molar-refractivity contribution in [1.82, 2.24) is 0 Å². The van der Waals surface area contributed by atoms with E-state index >= 15 is 0 Å². The third kappa shape index (κ3) is 3.82. The maximum absolute atomic E-state index is 12.8. The highest BCUT2D eigenvalue weighted by Crippen LogP contribution is 2.45. The van der Waals surface area contributed by atoms with Gasteiger partial charge in [0.2, 0.25) is 5.78 Å². The van der Waals surface area contributed by atoms with E-state index in [2.05, 4.69) is 0 Å². The Morgan fingerprint density at radius 2 is 1.63 bits per heavy atom. The van der Waals surface area contributed by atoms with Crippen LogP contribution in [0.2, 0.25) is 0 Å². The van der Waals surface area contributed by atoms with Crippen LogP contribution in [0.5, 0.6) is 40.2 Å². The van der Waals surface area contributed by atoms with Gasteiger partial charge in [-0.25, -0.2) is 0 Å². The van der Waals surface area contributed by atoms with Crippen molar-refractivity contribution in [3.05, 3.63) is 65.2 Å². The molecule has 182 valence electrons. The van der Waals surface area contributed by atoms with Gasteiger partial charge in [-0.2, -0.15) is 0 Å². The largest absolute Gasteiger partial charge is 0.508 e. The standard InChI is InChI=1S/C25H22O10/c1-32-17-6-11(2-4-14(17)28)24-20(10-26)33-16-5-3-12(7-18(16)34-24)25-23(31)22(30)21-15(29)8-13(27)9-19(21)35-25/h2-9,20,23-29,31H,10H2,1H3/t20-,23-,24-,25+/m0/s1/i1D3. The van der Waals surface area contributed by atoms with Crippen molar-refractivity contribution in [1.29, 1.82) is 0 Å². The van der Waals surface area contributed by atoms with Crippen molar-refractivity contribution < 1.29 is 53.4 Å². The second kappa shape index (κ2) is 8.57. The fourth-order valence-corrected chi connectivity index (χ4v) is 4.20. The Bertz CT molecular complexity index is 1410. The quantitative estimate of drug-likeness (QED) is 0.372. The molecule has 2 heterocycles. The average Bonchev–Trinajstić information content (AvgIpc) is 2.85. The first-order valence-corrected chi connectivity index (χ1v) is 10.5. The van der Waals surface area contributed by atoms with Gasteiger partial charge in [-0.3, -0.25) is 4.79 Å². The Balaban J connectivity index is 1.48. The number of ketones is 1. The topological polar surface area (TPSA) is 155 Å². The molecule has 0 spiro atoms. The summed E-state index contributed by atoms with van der Waals surface area (Å²) in [5, 5.41) is 50.4. The van der Waals surface area contributed by atoms with Gasteiger partial charge in [-0.15, -0.1) is 0 Å². The lowest BCUT2D eigenvalue weighted by molar-refractivity contribution is -0.0130. The highest BCUT2D eigenvalue weighted by molar-refractivity contribution is 6.05. The van der Waals surface area contributed by atoms with Crippen molar-refractivity contribution in [2.24, 2.45) is 0 Å². The number of aliphatic hydroxyl groups is 2. The van der Waals surface area contributed by atoms with Crippen LogP contribution in [0.25, 0.3) is 0 Å². The van der Waals surface area contributed by atoms with Gasteiger partial charge >= 0.3 is 0 Å². The SMILES string of the molecule is [2H]C([2H])([2H])Oc1cc([C@@H]2Oc3cc([C@H]4Oc5cc(O)cc(O)c5C(=O)[C@@H]4O)ccc3O[C@H]2CO)ccc1O. The maximum Gasteiger partial charge on any atom is 0.202 e. The molecule has 10 heteroatoms. The van der Waals surface area contributed by atoms with E-state index in [1.807, 2.05) is 0 Å². The lowest BCUT2D eigenvalue weighted by Gasteiger charge is -2.35. The zero-order valence-corrected chi connectivity index (χ0v) is 17.9. The third-order valence-electron chi connectivity index (χ3n) is 5.89. The van der Waals surface area contributed by atoms with Crippen molar-refractivity contribution in [2.75, 3.05) is 13.6 Å². The van der Waals surface area contributed by atoms with E-state index in [9.17, 15) is 30.3 Å². The van der Waals surface area contributed by atoms with E-state index in [-0.39, 0.29) is 34.3 Å². The number of carbonyl (C=O) groups is 1. The van der Waals surface area contributed by atoms with Crippen LogP contribution < -0.4 is 18.9 Å². The van der Waals surface area contributed by atoms with Crippen LogP contribution in [0, 0.1) is 0 Å². The molecular formula is C25H22O10. The third-order valence-corrected chi connectivity index (χ3v) is 5.89. The van der Waals surface area contributed by atoms with E-state index in [0.29, 0.717) is 11.1 Å². The summed E-state index contributed by atoms with van der Waals surface area (Å²) >= 11 is 0. The summed E-state index contributed by atoms with van der Waals surface area (Å²) < 4.78 is 44.4. The van der Waals surface area contributed by atoms with Crippen molar-refractivity contribution in [3.63, 3.8) is 0 Å². The van der Waals surface area contributed by atoms with E-state index < -0.39 is 55.3 Å². The molecule has 10 nitrogen and oxygen atoms in total. The molecule has 0 radical (unpaired) electrons. The average molecular weight is 485 g/mol. The van der Waals surface area contributed by atoms with Crippen LogP contribution in [0.15, 0.2) is 48.5 Å². The minimum Gasteiger partial charge on any atom is -0.508 e. The molecule has 0 aromatic heterocycles. The van der Waals surface area contributed by atoms with Crippen LogP contribution in [0.4, 0.5) is 0 Å². The van der Waals surface area contributed by atoms with Gasteiger partial charge in [-0.1, -0.05) is 12.1 Å². The molecular weight excluding hydrogens is 460 g/mol. The lowest BCUT2D eigenvalue weighted by Crippen LogP contribution is -2.37. The van der Waals surface area contributed by atoms with Crippen LogP contribution in [-0.2, 0) is 0 Å². The van der Waals surface area contributed by atoms with Crippen molar-refractivity contribution in [3.8, 4) is 40.2 Å². The Kier molecular flexibility index (Phi) is 4.70. The number of phenolic OH excluding ortho intramolecular Hbond substituents is 3. The summed E-state index contributed by atoms with van der Waals surface area (Å²) in [4.78, 5) is 12.8. The van der Waals surface area contributed by atoms with Gasteiger partial charge in [0.25, 0.3) is 0 Å². The molecule has 5 N–H and O–H groups in total. The van der Waals surface area contributed by atoms with Gasteiger partial charge in [0.05, 0.1) is 17.8 Å². The molecule has 35 heavy (non-hydrogen) atoms. The number of carbonyl (C=O) groups excluding carboxylic acids is 1. The smallest absolute Gasteiger partial charge is 0.202 e. The number of methoxy groups -OCH3 is 1. The van der Waals surface area contributed by atoms with Crippen LogP contribution in [-0.4, -0.2) is 57.2 Å². The molecule has 2 aliphatic heterocycles. The first-order chi connectivity index (χ1) is 17.9. The van der Waals surface area contributed by atoms with Crippen LogP contribution >= 0.6 is 0 Å². The zero-order valence-electron chi connectivity index (χ0n) is 20.9.